The van der Waals surface area contributed by atoms with E-state index >= 15 is 0 Å². The summed E-state index contributed by atoms with van der Waals surface area (Å²) >= 11 is 0. The number of likely N-dealkylation sites (tertiary alicyclic amines) is 1. The number of rotatable bonds is 5. The smallest absolute Gasteiger partial charge is 0.255 e. The molecule has 0 spiro atoms. The Morgan fingerprint density at radius 3 is 2.52 bits per heavy atom. The molecule has 3 aliphatic rings. The van der Waals surface area contributed by atoms with Crippen molar-refractivity contribution < 1.29 is 14.4 Å². The van der Waals surface area contributed by atoms with Crippen molar-refractivity contribution in [3.05, 3.63) is 22.5 Å². The monoisotopic (exact) mass is 427 g/mol. The lowest BCUT2D eigenvalue weighted by molar-refractivity contribution is -0.152. The van der Waals surface area contributed by atoms with Gasteiger partial charge in [0.05, 0.1) is 11.3 Å². The molecule has 4 rings (SSSR count). The summed E-state index contributed by atoms with van der Waals surface area (Å²) in [6.07, 6.45) is 5.94. The van der Waals surface area contributed by atoms with Crippen molar-refractivity contribution in [2.24, 2.45) is 17.8 Å². The maximum absolute atomic E-state index is 13.6. The van der Waals surface area contributed by atoms with E-state index in [2.05, 4.69) is 23.7 Å². The third-order valence-electron chi connectivity index (χ3n) is 7.83. The molecule has 1 N–H and O–H groups in total. The SMILES string of the molecule is CC(=O)c1[nH]c(C)c(C(=O)N2C[C@H]3C[C@@H](C2)[C@H](CCC(C)C)N2C(=O)CCC[C@@H]32)c1C. The summed E-state index contributed by atoms with van der Waals surface area (Å²) in [5.41, 5.74) is 2.73. The highest BCUT2D eigenvalue weighted by atomic mass is 16.2. The van der Waals surface area contributed by atoms with Gasteiger partial charge >= 0.3 is 0 Å². The largest absolute Gasteiger partial charge is 0.355 e. The van der Waals surface area contributed by atoms with E-state index in [1.165, 1.54) is 6.92 Å². The predicted octanol–water partition coefficient (Wildman–Crippen LogP) is 4.11. The maximum atomic E-state index is 13.6. The molecule has 0 radical (unpaired) electrons. The van der Waals surface area contributed by atoms with Gasteiger partial charge in [-0.2, -0.15) is 0 Å². The van der Waals surface area contributed by atoms with Crippen LogP contribution in [0.2, 0.25) is 0 Å². The van der Waals surface area contributed by atoms with E-state index in [0.717, 1.165) is 43.4 Å². The molecule has 2 bridgehead atoms. The standard InChI is InChI=1S/C25H37N3O3/c1-14(2)9-10-21-19-11-18(20-7-6-8-22(30)28(20)21)12-27(13-19)25(31)23-15(3)24(17(5)29)26-16(23)4/h14,18-21,26H,6-13H2,1-5H3/t18-,19+,20+,21+/m1/s1. The minimum atomic E-state index is -0.0414. The lowest BCUT2D eigenvalue weighted by Crippen LogP contribution is -2.65. The first kappa shape index (κ1) is 22.1. The zero-order chi connectivity index (χ0) is 22.4. The van der Waals surface area contributed by atoms with E-state index in [1.54, 1.807) is 0 Å². The maximum Gasteiger partial charge on any atom is 0.255 e. The molecular weight excluding hydrogens is 390 g/mol. The normalized spacial score (nSPS) is 28.1. The second-order valence-corrected chi connectivity index (χ2v) is 10.4. The summed E-state index contributed by atoms with van der Waals surface area (Å²) in [4.78, 5) is 45.9. The first-order chi connectivity index (χ1) is 14.7. The Balaban J connectivity index is 1.62. The van der Waals surface area contributed by atoms with Crippen molar-refractivity contribution in [3.63, 3.8) is 0 Å². The Morgan fingerprint density at radius 2 is 1.87 bits per heavy atom. The number of carbonyl (C=O) groups is 3. The average molecular weight is 428 g/mol. The van der Waals surface area contributed by atoms with Crippen LogP contribution in [0.1, 0.15) is 91.4 Å². The number of aromatic nitrogens is 1. The number of hydrogen-bond acceptors (Lipinski definition) is 3. The molecule has 0 saturated carbocycles. The number of nitrogens with zero attached hydrogens (tertiary/aromatic N) is 2. The van der Waals surface area contributed by atoms with Gasteiger partial charge < -0.3 is 14.8 Å². The molecule has 3 aliphatic heterocycles. The Kier molecular flexibility index (Phi) is 6.01. The summed E-state index contributed by atoms with van der Waals surface area (Å²) in [6, 6.07) is 0.514. The van der Waals surface area contributed by atoms with Crippen LogP contribution in [0.5, 0.6) is 0 Å². The van der Waals surface area contributed by atoms with Crippen LogP contribution in [0.25, 0.3) is 0 Å². The number of Topliss-reactive ketones (excluding diaryl/α,β-unsaturated/α-hetero) is 1. The lowest BCUT2D eigenvalue weighted by Gasteiger charge is -2.57. The van der Waals surface area contributed by atoms with Gasteiger partial charge in [-0.3, -0.25) is 14.4 Å². The summed E-state index contributed by atoms with van der Waals surface area (Å²) in [5.74, 6) is 1.61. The predicted molar refractivity (Wildman–Crippen MR) is 120 cm³/mol. The van der Waals surface area contributed by atoms with E-state index in [1.807, 2.05) is 18.7 Å². The topological polar surface area (TPSA) is 73.5 Å². The van der Waals surface area contributed by atoms with Crippen LogP contribution in [0.15, 0.2) is 0 Å². The zero-order valence-corrected chi connectivity index (χ0v) is 19.7. The van der Waals surface area contributed by atoms with Crippen LogP contribution in [-0.2, 0) is 4.79 Å². The van der Waals surface area contributed by atoms with Crippen molar-refractivity contribution in [1.29, 1.82) is 0 Å². The first-order valence-electron chi connectivity index (χ1n) is 12.0. The third-order valence-corrected chi connectivity index (χ3v) is 7.83. The van der Waals surface area contributed by atoms with E-state index in [4.69, 9.17) is 0 Å². The Bertz CT molecular complexity index is 887. The fourth-order valence-electron chi connectivity index (χ4n) is 6.40. The molecule has 1 aromatic heterocycles. The number of nitrogens with one attached hydrogen (secondary N) is 1. The second kappa shape index (κ2) is 8.44. The highest BCUT2D eigenvalue weighted by molar-refractivity contribution is 6.02. The minimum Gasteiger partial charge on any atom is -0.355 e. The van der Waals surface area contributed by atoms with E-state index < -0.39 is 0 Å². The van der Waals surface area contributed by atoms with Gasteiger partial charge in [0.1, 0.15) is 0 Å². The molecule has 6 nitrogen and oxygen atoms in total. The minimum absolute atomic E-state index is 0.0339. The molecule has 4 heterocycles. The molecule has 3 fully saturated rings. The van der Waals surface area contributed by atoms with Crippen molar-refractivity contribution in [3.8, 4) is 0 Å². The van der Waals surface area contributed by atoms with Gasteiger partial charge in [-0.25, -0.2) is 0 Å². The molecule has 170 valence electrons. The summed E-state index contributed by atoms with van der Waals surface area (Å²) < 4.78 is 0. The number of H-pyrrole nitrogens is 1. The Morgan fingerprint density at radius 1 is 1.16 bits per heavy atom. The van der Waals surface area contributed by atoms with E-state index in [9.17, 15) is 14.4 Å². The number of fused-ring (bicyclic) bond motifs is 4. The molecule has 0 aromatic carbocycles. The van der Waals surface area contributed by atoms with Crippen molar-refractivity contribution in [1.82, 2.24) is 14.8 Å². The van der Waals surface area contributed by atoms with Crippen molar-refractivity contribution in [2.75, 3.05) is 13.1 Å². The zero-order valence-electron chi connectivity index (χ0n) is 19.7. The van der Waals surface area contributed by atoms with Crippen LogP contribution in [-0.4, -0.2) is 57.6 Å². The fourth-order valence-corrected chi connectivity index (χ4v) is 6.40. The number of piperidine rings is 3. The van der Waals surface area contributed by atoms with Crippen LogP contribution >= 0.6 is 0 Å². The summed E-state index contributed by atoms with van der Waals surface area (Å²) in [6.45, 7) is 11.2. The molecule has 1 aromatic rings. The first-order valence-corrected chi connectivity index (χ1v) is 12.0. The third kappa shape index (κ3) is 3.94. The number of ketones is 1. The number of amides is 2. The second-order valence-electron chi connectivity index (χ2n) is 10.4. The Labute approximate surface area is 185 Å². The number of hydrogen-bond donors (Lipinski definition) is 1. The highest BCUT2D eigenvalue weighted by Gasteiger charge is 2.50. The Hall–Kier alpha value is -2.11. The molecule has 4 atom stereocenters. The molecule has 2 amide bonds. The highest BCUT2D eigenvalue weighted by Crippen LogP contribution is 2.43. The van der Waals surface area contributed by atoms with Crippen molar-refractivity contribution in [2.45, 2.75) is 85.2 Å². The number of carbonyl (C=O) groups excluding carboxylic acids is 3. The van der Waals surface area contributed by atoms with E-state index in [0.29, 0.717) is 54.4 Å². The molecule has 6 heteroatoms. The molecule has 0 unspecified atom stereocenters. The van der Waals surface area contributed by atoms with Crippen LogP contribution in [0, 0.1) is 31.6 Å². The average Bonchev–Trinajstić information content (AvgIpc) is 3.01. The number of aryl methyl sites for hydroxylation is 1. The van der Waals surface area contributed by atoms with Gasteiger partial charge in [0.25, 0.3) is 5.91 Å². The van der Waals surface area contributed by atoms with Gasteiger partial charge in [0, 0.05) is 44.2 Å². The summed E-state index contributed by atoms with van der Waals surface area (Å²) in [7, 11) is 0. The quantitative estimate of drug-likeness (QED) is 0.719. The molecular formula is C25H37N3O3. The van der Waals surface area contributed by atoms with Gasteiger partial charge in [-0.1, -0.05) is 13.8 Å². The van der Waals surface area contributed by atoms with Crippen molar-refractivity contribution >= 4 is 17.6 Å². The van der Waals surface area contributed by atoms with E-state index in [-0.39, 0.29) is 23.8 Å². The van der Waals surface area contributed by atoms with Crippen LogP contribution < -0.4 is 0 Å². The number of aromatic amines is 1. The van der Waals surface area contributed by atoms with Crippen LogP contribution in [0.4, 0.5) is 0 Å². The van der Waals surface area contributed by atoms with Crippen LogP contribution in [0.3, 0.4) is 0 Å². The van der Waals surface area contributed by atoms with Gasteiger partial charge in [0.2, 0.25) is 5.91 Å². The summed E-state index contributed by atoms with van der Waals surface area (Å²) in [5, 5.41) is 0. The molecule has 31 heavy (non-hydrogen) atoms. The van der Waals surface area contributed by atoms with Gasteiger partial charge in [-0.05, 0) is 69.3 Å². The van der Waals surface area contributed by atoms with Gasteiger partial charge in [-0.15, -0.1) is 0 Å². The van der Waals surface area contributed by atoms with Gasteiger partial charge in [0.15, 0.2) is 5.78 Å². The molecule has 3 saturated heterocycles. The fraction of sp³-hybridized carbons (Fsp3) is 0.720. The molecule has 0 aliphatic carbocycles. The lowest BCUT2D eigenvalue weighted by atomic mass is 9.70.